The van der Waals surface area contributed by atoms with Crippen LogP contribution in [-0.2, 0) is 4.79 Å². The van der Waals surface area contributed by atoms with Crippen LogP contribution in [0.2, 0.25) is 0 Å². The zero-order chi connectivity index (χ0) is 15.5. The van der Waals surface area contributed by atoms with Crippen LogP contribution in [0.5, 0.6) is 5.75 Å². The summed E-state index contributed by atoms with van der Waals surface area (Å²) >= 11 is 3.48. The molecule has 0 radical (unpaired) electrons. The Labute approximate surface area is 134 Å². The number of halogens is 1. The van der Waals surface area contributed by atoms with Crippen LogP contribution in [0.25, 0.3) is 0 Å². The fourth-order valence-electron chi connectivity index (χ4n) is 2.61. The van der Waals surface area contributed by atoms with Gasteiger partial charge in [0, 0.05) is 5.41 Å². The average Bonchev–Trinajstić information content (AvgIpc) is 2.47. The number of benzene rings is 1. The third-order valence-corrected chi connectivity index (χ3v) is 4.90. The highest BCUT2D eigenvalue weighted by molar-refractivity contribution is 9.10. The van der Waals surface area contributed by atoms with Gasteiger partial charge in [0.25, 0.3) is 0 Å². The predicted molar refractivity (Wildman–Crippen MR) is 87.5 cm³/mol. The maximum atomic E-state index is 12.5. The molecule has 5 heteroatoms. The maximum absolute atomic E-state index is 12.5. The Morgan fingerprint density at radius 1 is 1.43 bits per heavy atom. The van der Waals surface area contributed by atoms with E-state index < -0.39 is 0 Å². The van der Waals surface area contributed by atoms with Crippen molar-refractivity contribution in [2.24, 2.45) is 5.41 Å². The van der Waals surface area contributed by atoms with Gasteiger partial charge in [0.1, 0.15) is 5.75 Å². The lowest BCUT2D eigenvalue weighted by Gasteiger charge is -2.33. The third kappa shape index (κ3) is 3.77. The van der Waals surface area contributed by atoms with Crippen molar-refractivity contribution in [1.82, 2.24) is 10.6 Å². The highest BCUT2D eigenvalue weighted by atomic mass is 79.9. The van der Waals surface area contributed by atoms with Crippen molar-refractivity contribution in [2.75, 3.05) is 20.2 Å². The number of piperidine rings is 1. The van der Waals surface area contributed by atoms with Crippen LogP contribution in [0.1, 0.15) is 38.3 Å². The van der Waals surface area contributed by atoms with Gasteiger partial charge < -0.3 is 15.4 Å². The summed E-state index contributed by atoms with van der Waals surface area (Å²) in [6.45, 7) is 5.88. The van der Waals surface area contributed by atoms with Crippen LogP contribution in [0.3, 0.4) is 0 Å². The van der Waals surface area contributed by atoms with Crippen LogP contribution in [0.15, 0.2) is 22.7 Å². The summed E-state index contributed by atoms with van der Waals surface area (Å²) in [5.41, 5.74) is 0.803. The highest BCUT2D eigenvalue weighted by Gasteiger charge is 2.35. The summed E-state index contributed by atoms with van der Waals surface area (Å²) in [5.74, 6) is 0.936. The third-order valence-electron chi connectivity index (χ3n) is 4.28. The van der Waals surface area contributed by atoms with Gasteiger partial charge in [0.15, 0.2) is 0 Å². The first-order valence-electron chi connectivity index (χ1n) is 7.31. The van der Waals surface area contributed by atoms with Crippen molar-refractivity contribution in [3.63, 3.8) is 0 Å². The molecule has 1 atom stereocenters. The number of amides is 1. The number of nitrogens with one attached hydrogen (secondary N) is 2. The quantitative estimate of drug-likeness (QED) is 0.873. The van der Waals surface area contributed by atoms with E-state index in [-0.39, 0.29) is 17.4 Å². The molecule has 1 saturated heterocycles. The van der Waals surface area contributed by atoms with E-state index in [0.717, 1.165) is 41.7 Å². The molecule has 1 aromatic carbocycles. The average molecular weight is 355 g/mol. The van der Waals surface area contributed by atoms with E-state index in [4.69, 9.17) is 4.74 Å². The van der Waals surface area contributed by atoms with Crippen molar-refractivity contribution in [3.05, 3.63) is 28.2 Å². The molecule has 0 saturated carbocycles. The van der Waals surface area contributed by atoms with Crippen LogP contribution < -0.4 is 15.4 Å². The molecule has 1 unspecified atom stereocenters. The lowest BCUT2D eigenvalue weighted by Crippen LogP contribution is -2.46. The Kier molecular flexibility index (Phi) is 5.27. The normalized spacial score (nSPS) is 18.9. The second-order valence-electron chi connectivity index (χ2n) is 5.90. The SMILES string of the molecule is COc1ccc(C(C)NC(=O)C2(C)CCNCC2)cc1Br. The molecule has 1 fully saturated rings. The molecule has 1 aromatic rings. The Morgan fingerprint density at radius 2 is 2.10 bits per heavy atom. The first-order chi connectivity index (χ1) is 9.96. The summed E-state index contributed by atoms with van der Waals surface area (Å²) in [7, 11) is 1.64. The molecular weight excluding hydrogens is 332 g/mol. The van der Waals surface area contributed by atoms with E-state index in [2.05, 4.69) is 33.5 Å². The Balaban J connectivity index is 2.05. The number of ether oxygens (including phenoxy) is 1. The number of rotatable bonds is 4. The molecule has 0 bridgehead atoms. The summed E-state index contributed by atoms with van der Waals surface area (Å²) in [4.78, 5) is 12.5. The molecule has 116 valence electrons. The Morgan fingerprint density at radius 3 is 2.67 bits per heavy atom. The largest absolute Gasteiger partial charge is 0.496 e. The monoisotopic (exact) mass is 354 g/mol. The van der Waals surface area contributed by atoms with Crippen LogP contribution in [0, 0.1) is 5.41 Å². The van der Waals surface area contributed by atoms with Crippen molar-refractivity contribution in [2.45, 2.75) is 32.7 Å². The molecule has 21 heavy (non-hydrogen) atoms. The number of methoxy groups -OCH3 is 1. The second kappa shape index (κ2) is 6.79. The summed E-state index contributed by atoms with van der Waals surface area (Å²) in [5, 5.41) is 6.44. The lowest BCUT2D eigenvalue weighted by molar-refractivity contribution is -0.132. The zero-order valence-electron chi connectivity index (χ0n) is 12.8. The van der Waals surface area contributed by atoms with Gasteiger partial charge in [0.05, 0.1) is 17.6 Å². The van der Waals surface area contributed by atoms with E-state index in [1.807, 2.05) is 25.1 Å². The van der Waals surface area contributed by atoms with Crippen LogP contribution in [0.4, 0.5) is 0 Å². The number of carbonyl (C=O) groups excluding carboxylic acids is 1. The van der Waals surface area contributed by atoms with Gasteiger partial charge in [-0.05, 0) is 66.5 Å². The minimum absolute atomic E-state index is 0.0218. The zero-order valence-corrected chi connectivity index (χ0v) is 14.4. The van der Waals surface area contributed by atoms with Crippen molar-refractivity contribution in [1.29, 1.82) is 0 Å². The standard InChI is InChI=1S/C16H23BrN2O2/c1-11(12-4-5-14(21-3)13(17)10-12)19-15(20)16(2)6-8-18-9-7-16/h4-5,10-11,18H,6-9H2,1-3H3,(H,19,20). The number of hydrogen-bond acceptors (Lipinski definition) is 3. The van der Waals surface area contributed by atoms with E-state index in [1.54, 1.807) is 7.11 Å². The molecule has 1 aliphatic rings. The first kappa shape index (κ1) is 16.3. The predicted octanol–water partition coefficient (Wildman–Crippen LogP) is 3.02. The minimum Gasteiger partial charge on any atom is -0.496 e. The lowest BCUT2D eigenvalue weighted by atomic mass is 9.80. The van der Waals surface area contributed by atoms with Crippen molar-refractivity contribution in [3.8, 4) is 5.75 Å². The van der Waals surface area contributed by atoms with Crippen molar-refractivity contribution >= 4 is 21.8 Å². The van der Waals surface area contributed by atoms with E-state index in [9.17, 15) is 4.79 Å². The van der Waals surface area contributed by atoms with E-state index in [0.29, 0.717) is 0 Å². The van der Waals surface area contributed by atoms with Gasteiger partial charge in [-0.15, -0.1) is 0 Å². The van der Waals surface area contributed by atoms with Gasteiger partial charge in [-0.2, -0.15) is 0 Å². The topological polar surface area (TPSA) is 50.4 Å². The van der Waals surface area contributed by atoms with E-state index in [1.165, 1.54) is 0 Å². The summed E-state index contributed by atoms with van der Waals surface area (Å²) in [6, 6.07) is 5.87. The van der Waals surface area contributed by atoms with Gasteiger partial charge >= 0.3 is 0 Å². The summed E-state index contributed by atoms with van der Waals surface area (Å²) in [6.07, 6.45) is 1.77. The highest BCUT2D eigenvalue weighted by Crippen LogP contribution is 2.31. The number of hydrogen-bond donors (Lipinski definition) is 2. The number of carbonyl (C=O) groups is 1. The molecular formula is C16H23BrN2O2. The molecule has 1 amide bonds. The smallest absolute Gasteiger partial charge is 0.226 e. The van der Waals surface area contributed by atoms with Gasteiger partial charge in [-0.1, -0.05) is 13.0 Å². The first-order valence-corrected chi connectivity index (χ1v) is 8.11. The molecule has 1 aliphatic heterocycles. The fraction of sp³-hybridized carbons (Fsp3) is 0.562. The molecule has 2 rings (SSSR count). The van der Waals surface area contributed by atoms with Gasteiger partial charge in [0.2, 0.25) is 5.91 Å². The molecule has 4 nitrogen and oxygen atoms in total. The Bertz CT molecular complexity index is 513. The second-order valence-corrected chi connectivity index (χ2v) is 6.75. The van der Waals surface area contributed by atoms with Gasteiger partial charge in [-0.25, -0.2) is 0 Å². The maximum Gasteiger partial charge on any atom is 0.226 e. The van der Waals surface area contributed by atoms with Crippen LogP contribution >= 0.6 is 15.9 Å². The van der Waals surface area contributed by atoms with E-state index >= 15 is 0 Å². The summed E-state index contributed by atoms with van der Waals surface area (Å²) < 4.78 is 6.13. The minimum atomic E-state index is -0.261. The molecule has 2 N–H and O–H groups in total. The molecule has 0 spiro atoms. The van der Waals surface area contributed by atoms with Crippen LogP contribution in [-0.4, -0.2) is 26.1 Å². The molecule has 0 aromatic heterocycles. The molecule has 1 heterocycles. The van der Waals surface area contributed by atoms with Gasteiger partial charge in [-0.3, -0.25) is 4.79 Å². The van der Waals surface area contributed by atoms with Crippen molar-refractivity contribution < 1.29 is 9.53 Å². The molecule has 0 aliphatic carbocycles. The fourth-order valence-corrected chi connectivity index (χ4v) is 3.17. The Hall–Kier alpha value is -1.07.